The van der Waals surface area contributed by atoms with Crippen LogP contribution in [-0.4, -0.2) is 50.5 Å². The Hall–Kier alpha value is -2.94. The summed E-state index contributed by atoms with van der Waals surface area (Å²) >= 11 is 0. The zero-order valence-corrected chi connectivity index (χ0v) is 13.8. The summed E-state index contributed by atoms with van der Waals surface area (Å²) in [5.74, 6) is 0.490. The van der Waals surface area contributed by atoms with Gasteiger partial charge < -0.3 is 15.8 Å². The summed E-state index contributed by atoms with van der Waals surface area (Å²) in [6.07, 6.45) is 6.80. The molecule has 4 rings (SSSR count). The van der Waals surface area contributed by atoms with E-state index in [1.54, 1.807) is 23.1 Å². The number of nitrogens with zero attached hydrogens (tertiary/aromatic N) is 4. The first kappa shape index (κ1) is 15.6. The Kier molecular flexibility index (Phi) is 3.85. The van der Waals surface area contributed by atoms with Crippen molar-refractivity contribution in [1.29, 1.82) is 0 Å². The fraction of sp³-hybridized carbons (Fsp3) is 0.375. The maximum Gasteiger partial charge on any atom is 0.322 e. The number of fused-ring (bicyclic) bond motifs is 1. The number of anilines is 1. The van der Waals surface area contributed by atoms with Crippen LogP contribution in [0.3, 0.4) is 0 Å². The van der Waals surface area contributed by atoms with Crippen molar-refractivity contribution in [2.75, 3.05) is 19.4 Å². The minimum atomic E-state index is -0.251. The predicted octanol–water partition coefficient (Wildman–Crippen LogP) is 0.710. The van der Waals surface area contributed by atoms with Crippen molar-refractivity contribution < 1.29 is 9.53 Å². The molecule has 4 N–H and O–H groups in total. The summed E-state index contributed by atoms with van der Waals surface area (Å²) in [6, 6.07) is 1.60. The normalized spacial score (nSPS) is 20.7. The van der Waals surface area contributed by atoms with Crippen LogP contribution in [0.5, 0.6) is 0 Å². The van der Waals surface area contributed by atoms with E-state index in [2.05, 4.69) is 20.6 Å². The number of rotatable bonds is 3. The topological polar surface area (TPSA) is 123 Å². The number of aromatic amines is 1. The van der Waals surface area contributed by atoms with E-state index >= 15 is 0 Å². The number of nitrogen functional groups attached to an aromatic ring is 1. The zero-order chi connectivity index (χ0) is 17.4. The second-order valence-electron chi connectivity index (χ2n) is 6.14. The van der Waals surface area contributed by atoms with Gasteiger partial charge in [-0.2, -0.15) is 14.7 Å². The Bertz CT molecular complexity index is 895. The predicted molar refractivity (Wildman–Crippen MR) is 90.8 cm³/mol. The van der Waals surface area contributed by atoms with Crippen LogP contribution in [0, 0.1) is 0 Å². The molecular formula is C16H19N7O2. The standard InChI is InChI=1S/C16H19N7O2/c1-25-16(24)12-3-2-9(5-18-12)13-4-14(17)23-15(22-13)11(8-21-23)10-6-19-20-7-10/h4,6-9,12,18H,2-3,5,17H2,1H3,(H,19,20). The molecule has 0 aliphatic carbocycles. The van der Waals surface area contributed by atoms with Gasteiger partial charge in [0, 0.05) is 35.9 Å². The molecule has 1 aliphatic heterocycles. The molecule has 0 aromatic carbocycles. The summed E-state index contributed by atoms with van der Waals surface area (Å²) in [6.45, 7) is 0.650. The first-order valence-corrected chi connectivity index (χ1v) is 8.12. The Balaban J connectivity index is 1.65. The Morgan fingerprint density at radius 2 is 2.28 bits per heavy atom. The molecule has 2 unspecified atom stereocenters. The summed E-state index contributed by atoms with van der Waals surface area (Å²) < 4.78 is 6.42. The molecule has 1 fully saturated rings. The molecule has 3 aromatic heterocycles. The number of piperidine rings is 1. The van der Waals surface area contributed by atoms with Crippen molar-refractivity contribution in [2.24, 2.45) is 0 Å². The number of nitrogens with one attached hydrogen (secondary N) is 2. The molecule has 0 radical (unpaired) electrons. The van der Waals surface area contributed by atoms with Crippen LogP contribution in [0.15, 0.2) is 24.7 Å². The Morgan fingerprint density at radius 3 is 2.96 bits per heavy atom. The molecule has 3 aromatic rings. The zero-order valence-electron chi connectivity index (χ0n) is 13.8. The lowest BCUT2D eigenvalue weighted by Crippen LogP contribution is -2.44. The van der Waals surface area contributed by atoms with Crippen molar-refractivity contribution in [2.45, 2.75) is 24.8 Å². The summed E-state index contributed by atoms with van der Waals surface area (Å²) in [5.41, 5.74) is 9.55. The summed E-state index contributed by atoms with van der Waals surface area (Å²) in [7, 11) is 1.41. The van der Waals surface area contributed by atoms with Crippen LogP contribution in [0.1, 0.15) is 24.5 Å². The van der Waals surface area contributed by atoms with Gasteiger partial charge in [0.25, 0.3) is 0 Å². The summed E-state index contributed by atoms with van der Waals surface area (Å²) in [4.78, 5) is 16.4. The molecule has 2 atom stereocenters. The third-order valence-electron chi connectivity index (χ3n) is 4.65. The maximum atomic E-state index is 11.6. The number of H-pyrrole nitrogens is 1. The van der Waals surface area contributed by atoms with Crippen molar-refractivity contribution >= 4 is 17.4 Å². The van der Waals surface area contributed by atoms with Gasteiger partial charge in [-0.05, 0) is 12.8 Å². The molecule has 1 saturated heterocycles. The third-order valence-corrected chi connectivity index (χ3v) is 4.65. The second kappa shape index (κ2) is 6.17. The molecule has 9 nitrogen and oxygen atoms in total. The highest BCUT2D eigenvalue weighted by Gasteiger charge is 2.28. The molecule has 130 valence electrons. The van der Waals surface area contributed by atoms with Gasteiger partial charge in [0.1, 0.15) is 11.9 Å². The molecule has 4 heterocycles. The number of hydrogen-bond donors (Lipinski definition) is 3. The number of nitrogens with two attached hydrogens (primary N) is 1. The van der Waals surface area contributed by atoms with Gasteiger partial charge >= 0.3 is 5.97 Å². The number of hydrogen-bond acceptors (Lipinski definition) is 7. The van der Waals surface area contributed by atoms with Crippen LogP contribution in [0.4, 0.5) is 5.82 Å². The van der Waals surface area contributed by atoms with Gasteiger partial charge in [-0.15, -0.1) is 0 Å². The number of carbonyl (C=O) groups is 1. The van der Waals surface area contributed by atoms with Crippen molar-refractivity contribution in [3.05, 3.63) is 30.4 Å². The first-order valence-electron chi connectivity index (χ1n) is 8.12. The molecular weight excluding hydrogens is 322 g/mol. The number of methoxy groups -OCH3 is 1. The SMILES string of the molecule is COC(=O)C1CCC(c2cc(N)n3ncc(-c4cn[nH]c4)c3n2)CN1. The van der Waals surface area contributed by atoms with Gasteiger partial charge in [0.15, 0.2) is 5.65 Å². The fourth-order valence-electron chi connectivity index (χ4n) is 3.27. The van der Waals surface area contributed by atoms with Crippen molar-refractivity contribution in [1.82, 2.24) is 30.1 Å². The van der Waals surface area contributed by atoms with E-state index in [9.17, 15) is 4.79 Å². The van der Waals surface area contributed by atoms with E-state index in [-0.39, 0.29) is 17.9 Å². The van der Waals surface area contributed by atoms with Crippen molar-refractivity contribution in [3.8, 4) is 11.1 Å². The van der Waals surface area contributed by atoms with Crippen LogP contribution in [-0.2, 0) is 9.53 Å². The van der Waals surface area contributed by atoms with E-state index in [1.807, 2.05) is 6.07 Å². The van der Waals surface area contributed by atoms with Gasteiger partial charge in [0.05, 0.1) is 25.2 Å². The van der Waals surface area contributed by atoms with Crippen LogP contribution in [0.2, 0.25) is 0 Å². The molecule has 9 heteroatoms. The second-order valence-corrected chi connectivity index (χ2v) is 6.14. The van der Waals surface area contributed by atoms with Gasteiger partial charge in [-0.1, -0.05) is 0 Å². The smallest absolute Gasteiger partial charge is 0.322 e. The Labute approximate surface area is 143 Å². The molecule has 25 heavy (non-hydrogen) atoms. The van der Waals surface area contributed by atoms with Crippen LogP contribution < -0.4 is 11.1 Å². The molecule has 0 spiro atoms. The van der Waals surface area contributed by atoms with Gasteiger partial charge in [0.2, 0.25) is 0 Å². The molecule has 1 aliphatic rings. The minimum absolute atomic E-state index is 0.181. The largest absolute Gasteiger partial charge is 0.468 e. The summed E-state index contributed by atoms with van der Waals surface area (Å²) in [5, 5.41) is 14.3. The number of aromatic nitrogens is 5. The van der Waals surface area contributed by atoms with E-state index in [4.69, 9.17) is 15.5 Å². The third kappa shape index (κ3) is 2.72. The maximum absolute atomic E-state index is 11.6. The highest BCUT2D eigenvalue weighted by atomic mass is 16.5. The molecule has 0 saturated carbocycles. The van der Waals surface area contributed by atoms with E-state index < -0.39 is 0 Å². The van der Waals surface area contributed by atoms with Crippen molar-refractivity contribution in [3.63, 3.8) is 0 Å². The lowest BCUT2D eigenvalue weighted by molar-refractivity contribution is -0.143. The van der Waals surface area contributed by atoms with Crippen LogP contribution in [0.25, 0.3) is 16.8 Å². The average Bonchev–Trinajstić information content (AvgIpc) is 3.30. The molecule has 0 bridgehead atoms. The van der Waals surface area contributed by atoms with Gasteiger partial charge in [-0.25, -0.2) is 4.98 Å². The van der Waals surface area contributed by atoms with E-state index in [1.165, 1.54) is 7.11 Å². The minimum Gasteiger partial charge on any atom is -0.468 e. The monoisotopic (exact) mass is 341 g/mol. The number of ether oxygens (including phenoxy) is 1. The highest BCUT2D eigenvalue weighted by Crippen LogP contribution is 2.29. The highest BCUT2D eigenvalue weighted by molar-refractivity contribution is 5.77. The van der Waals surface area contributed by atoms with Crippen LogP contribution >= 0.6 is 0 Å². The lowest BCUT2D eigenvalue weighted by Gasteiger charge is -2.28. The first-order chi connectivity index (χ1) is 12.2. The average molecular weight is 341 g/mol. The van der Waals surface area contributed by atoms with E-state index in [0.29, 0.717) is 24.4 Å². The van der Waals surface area contributed by atoms with Gasteiger partial charge in [-0.3, -0.25) is 9.89 Å². The number of carbonyl (C=O) groups excluding carboxylic acids is 1. The van der Waals surface area contributed by atoms with E-state index in [0.717, 1.165) is 23.2 Å². The lowest BCUT2D eigenvalue weighted by atomic mass is 9.92. The quantitative estimate of drug-likeness (QED) is 0.599. The number of esters is 1. The fourth-order valence-corrected chi connectivity index (χ4v) is 3.27. The molecule has 0 amide bonds. The Morgan fingerprint density at radius 1 is 1.40 bits per heavy atom.